The van der Waals surface area contributed by atoms with Crippen LogP contribution < -0.4 is 0 Å². The van der Waals surface area contributed by atoms with Crippen molar-refractivity contribution in [3.05, 3.63) is 98.1 Å². The number of nitrogens with one attached hydrogen (secondary N) is 2. The summed E-state index contributed by atoms with van der Waals surface area (Å²) >= 11 is 0. The normalized spacial score (nSPS) is 11.2. The minimum Gasteiger partial charge on any atom is -0.338 e. The van der Waals surface area contributed by atoms with Crippen LogP contribution in [0.3, 0.4) is 0 Å². The standard InChI is InChI=1S/C26H18N8/c1-15(23-31-19-7-5-17(13-21(19)33-23)25-27-9-3-10-28-25)16(2)24-32-20-8-6-18(14-22(20)34-24)26-29-11-4-12-30-26/h3-14H,1-2H2,(H,31,33)(H,32,34). The van der Waals surface area contributed by atoms with Crippen LogP contribution >= 0.6 is 0 Å². The van der Waals surface area contributed by atoms with Crippen molar-refractivity contribution in [2.75, 3.05) is 0 Å². The maximum atomic E-state index is 4.69. The van der Waals surface area contributed by atoms with E-state index < -0.39 is 0 Å². The van der Waals surface area contributed by atoms with Crippen LogP contribution in [0.2, 0.25) is 0 Å². The van der Waals surface area contributed by atoms with Gasteiger partial charge in [-0.3, -0.25) is 0 Å². The van der Waals surface area contributed by atoms with Gasteiger partial charge < -0.3 is 9.97 Å². The highest BCUT2D eigenvalue weighted by atomic mass is 15.0. The number of allylic oxidation sites excluding steroid dienone is 2. The Balaban J connectivity index is 1.30. The molecule has 2 N–H and O–H groups in total. The highest BCUT2D eigenvalue weighted by molar-refractivity contribution is 6.02. The number of aromatic nitrogens is 8. The second-order valence-corrected chi connectivity index (χ2v) is 7.74. The van der Waals surface area contributed by atoms with E-state index in [1.54, 1.807) is 36.9 Å². The summed E-state index contributed by atoms with van der Waals surface area (Å²) < 4.78 is 0. The molecule has 0 bridgehead atoms. The van der Waals surface area contributed by atoms with E-state index in [9.17, 15) is 0 Å². The van der Waals surface area contributed by atoms with Gasteiger partial charge in [-0.2, -0.15) is 0 Å². The molecule has 0 saturated heterocycles. The van der Waals surface area contributed by atoms with Gasteiger partial charge in [0.15, 0.2) is 11.6 Å². The second-order valence-electron chi connectivity index (χ2n) is 7.74. The Bertz CT molecular complexity index is 1550. The summed E-state index contributed by atoms with van der Waals surface area (Å²) in [4.78, 5) is 33.3. The van der Waals surface area contributed by atoms with Gasteiger partial charge in [-0.05, 0) is 48.5 Å². The van der Waals surface area contributed by atoms with E-state index in [1.165, 1.54) is 0 Å². The number of nitrogens with zero attached hydrogens (tertiary/aromatic N) is 6. The summed E-state index contributed by atoms with van der Waals surface area (Å²) in [5, 5.41) is 0. The lowest BCUT2D eigenvalue weighted by Crippen LogP contribution is -1.92. The van der Waals surface area contributed by atoms with Crippen molar-refractivity contribution >= 4 is 33.2 Å². The molecule has 0 aliphatic heterocycles. The molecule has 0 amide bonds. The molecule has 6 rings (SSSR count). The SMILES string of the molecule is C=C(C(=C)c1nc2ccc(-c3ncccn3)cc2[nH]1)c1nc2ccc(-c3ncccn3)cc2[nH]1. The van der Waals surface area contributed by atoms with E-state index in [4.69, 9.17) is 0 Å². The lowest BCUT2D eigenvalue weighted by atomic mass is 10.1. The van der Waals surface area contributed by atoms with E-state index >= 15 is 0 Å². The van der Waals surface area contributed by atoms with Crippen LogP contribution in [-0.2, 0) is 0 Å². The van der Waals surface area contributed by atoms with Crippen LogP contribution in [0, 0.1) is 0 Å². The molecule has 4 heterocycles. The monoisotopic (exact) mass is 442 g/mol. The summed E-state index contributed by atoms with van der Waals surface area (Å²) in [6.45, 7) is 8.43. The van der Waals surface area contributed by atoms with Gasteiger partial charge in [-0.25, -0.2) is 29.9 Å². The van der Waals surface area contributed by atoms with Crippen LogP contribution in [-0.4, -0.2) is 39.9 Å². The Labute approximate surface area is 194 Å². The van der Waals surface area contributed by atoms with Crippen molar-refractivity contribution in [1.82, 2.24) is 39.9 Å². The van der Waals surface area contributed by atoms with Crippen molar-refractivity contribution in [2.45, 2.75) is 0 Å². The number of imidazole rings is 2. The molecule has 4 aromatic heterocycles. The fourth-order valence-corrected chi connectivity index (χ4v) is 3.77. The average Bonchev–Trinajstić information content (AvgIpc) is 3.52. The highest BCUT2D eigenvalue weighted by Gasteiger charge is 2.15. The molecular weight excluding hydrogens is 424 g/mol. The first-order valence-electron chi connectivity index (χ1n) is 10.6. The summed E-state index contributed by atoms with van der Waals surface area (Å²) in [7, 11) is 0. The van der Waals surface area contributed by atoms with Gasteiger partial charge in [0.2, 0.25) is 0 Å². The molecule has 0 radical (unpaired) electrons. The van der Waals surface area contributed by atoms with Crippen molar-refractivity contribution < 1.29 is 0 Å². The maximum absolute atomic E-state index is 4.69. The van der Waals surface area contributed by atoms with Crippen LogP contribution in [0.5, 0.6) is 0 Å². The Morgan fingerprint density at radius 2 is 1.00 bits per heavy atom. The molecule has 2 aromatic carbocycles. The first-order chi connectivity index (χ1) is 16.7. The number of H-pyrrole nitrogens is 2. The highest BCUT2D eigenvalue weighted by Crippen LogP contribution is 2.30. The molecular formula is C26H18N8. The van der Waals surface area contributed by atoms with Crippen molar-refractivity contribution in [3.8, 4) is 22.8 Å². The van der Waals surface area contributed by atoms with Crippen LogP contribution in [0.1, 0.15) is 11.6 Å². The predicted octanol–water partition coefficient (Wildman–Crippen LogP) is 5.08. The molecule has 8 heteroatoms. The largest absolute Gasteiger partial charge is 0.338 e. The van der Waals surface area contributed by atoms with Crippen LogP contribution in [0.15, 0.2) is 86.5 Å². The number of hydrogen-bond acceptors (Lipinski definition) is 6. The van der Waals surface area contributed by atoms with Gasteiger partial charge >= 0.3 is 0 Å². The lowest BCUT2D eigenvalue weighted by Gasteiger charge is -2.03. The fraction of sp³-hybridized carbons (Fsp3) is 0. The molecule has 162 valence electrons. The van der Waals surface area contributed by atoms with Crippen molar-refractivity contribution in [3.63, 3.8) is 0 Å². The quantitative estimate of drug-likeness (QED) is 0.360. The molecule has 0 saturated carbocycles. The van der Waals surface area contributed by atoms with Crippen LogP contribution in [0.4, 0.5) is 0 Å². The second kappa shape index (κ2) is 7.86. The number of aromatic amines is 2. The van der Waals surface area contributed by atoms with Gasteiger partial charge in [-0.15, -0.1) is 0 Å². The predicted molar refractivity (Wildman–Crippen MR) is 132 cm³/mol. The molecule has 0 atom stereocenters. The van der Waals surface area contributed by atoms with Crippen molar-refractivity contribution in [2.24, 2.45) is 0 Å². The molecule has 0 unspecified atom stereocenters. The molecule has 0 spiro atoms. The third-order valence-electron chi connectivity index (χ3n) is 5.55. The lowest BCUT2D eigenvalue weighted by molar-refractivity contribution is 1.18. The molecule has 0 aliphatic carbocycles. The first kappa shape index (κ1) is 19.7. The van der Waals surface area contributed by atoms with E-state index in [1.807, 2.05) is 36.4 Å². The summed E-state index contributed by atoms with van der Waals surface area (Å²) in [5.41, 5.74) is 6.49. The molecule has 8 nitrogen and oxygen atoms in total. The Hall–Kier alpha value is -4.98. The zero-order chi connectivity index (χ0) is 23.1. The van der Waals surface area contributed by atoms with Gasteiger partial charge in [0, 0.05) is 47.1 Å². The minimum atomic E-state index is 0.630. The zero-order valence-electron chi connectivity index (χ0n) is 18.0. The number of benzene rings is 2. The van der Waals surface area contributed by atoms with E-state index in [-0.39, 0.29) is 0 Å². The van der Waals surface area contributed by atoms with Gasteiger partial charge in [0.1, 0.15) is 11.6 Å². The molecule has 0 aliphatic rings. The molecule has 34 heavy (non-hydrogen) atoms. The third-order valence-corrected chi connectivity index (χ3v) is 5.55. The van der Waals surface area contributed by atoms with Crippen LogP contribution in [0.25, 0.3) is 56.0 Å². The van der Waals surface area contributed by atoms with Gasteiger partial charge in [-0.1, -0.05) is 13.2 Å². The molecule has 0 fully saturated rings. The number of hydrogen-bond donors (Lipinski definition) is 2. The smallest absolute Gasteiger partial charge is 0.159 e. The van der Waals surface area contributed by atoms with E-state index in [0.29, 0.717) is 34.4 Å². The van der Waals surface area contributed by atoms with Crippen molar-refractivity contribution in [1.29, 1.82) is 0 Å². The van der Waals surface area contributed by atoms with E-state index in [0.717, 1.165) is 33.2 Å². The third kappa shape index (κ3) is 3.43. The summed E-state index contributed by atoms with van der Waals surface area (Å²) in [6.07, 6.45) is 6.89. The summed E-state index contributed by atoms with van der Waals surface area (Å²) in [5.74, 6) is 2.58. The first-order valence-corrected chi connectivity index (χ1v) is 10.6. The summed E-state index contributed by atoms with van der Waals surface area (Å²) in [6, 6.07) is 15.3. The molecule has 6 aromatic rings. The topological polar surface area (TPSA) is 109 Å². The van der Waals surface area contributed by atoms with Gasteiger partial charge in [0.25, 0.3) is 0 Å². The Morgan fingerprint density at radius 3 is 1.41 bits per heavy atom. The average molecular weight is 442 g/mol. The number of fused-ring (bicyclic) bond motifs is 2. The maximum Gasteiger partial charge on any atom is 0.159 e. The van der Waals surface area contributed by atoms with E-state index in [2.05, 4.69) is 53.0 Å². The Kier molecular flexibility index (Phi) is 4.55. The Morgan fingerprint density at radius 1 is 0.588 bits per heavy atom. The fourth-order valence-electron chi connectivity index (χ4n) is 3.77. The van der Waals surface area contributed by atoms with Gasteiger partial charge in [0.05, 0.1) is 22.1 Å². The zero-order valence-corrected chi connectivity index (χ0v) is 18.0. The minimum absolute atomic E-state index is 0.630. The number of rotatable bonds is 5.